The molecule has 3 rings (SSSR count). The number of aliphatic imine (C=N–C) groups is 1. The van der Waals surface area contributed by atoms with Gasteiger partial charge >= 0.3 is 0 Å². The number of aryl methyl sites for hydroxylation is 1. The number of nitrogens with zero attached hydrogens (tertiary/aromatic N) is 2. The van der Waals surface area contributed by atoms with Crippen molar-refractivity contribution in [3.63, 3.8) is 0 Å². The van der Waals surface area contributed by atoms with Crippen molar-refractivity contribution < 1.29 is 4.79 Å². The molecule has 1 fully saturated rings. The first-order valence-corrected chi connectivity index (χ1v) is 6.27. The van der Waals surface area contributed by atoms with Crippen LogP contribution in [0.15, 0.2) is 35.5 Å². The standard InChI is InChI=1S/C12H11N3OS/c1-15-5-4-8-6-9(2-3-10(8)15)13-12-14-11(16)7-17-12/h2-6H,7H2,1H3,(H,13,14,16). The second kappa shape index (κ2) is 3.92. The lowest BCUT2D eigenvalue weighted by Gasteiger charge is -1.99. The highest BCUT2D eigenvalue weighted by molar-refractivity contribution is 8.15. The molecule has 0 bridgehead atoms. The summed E-state index contributed by atoms with van der Waals surface area (Å²) < 4.78 is 2.07. The maximum absolute atomic E-state index is 11.0. The van der Waals surface area contributed by atoms with Gasteiger partial charge in [0.2, 0.25) is 5.91 Å². The Morgan fingerprint density at radius 1 is 1.41 bits per heavy atom. The van der Waals surface area contributed by atoms with Crippen LogP contribution in [0.1, 0.15) is 0 Å². The Bertz CT molecular complexity index is 630. The Morgan fingerprint density at radius 3 is 3.06 bits per heavy atom. The predicted octanol–water partition coefficient (Wildman–Crippen LogP) is 2.03. The molecule has 1 N–H and O–H groups in total. The third kappa shape index (κ3) is 1.93. The molecule has 5 heteroatoms. The van der Waals surface area contributed by atoms with Gasteiger partial charge in [-0.3, -0.25) is 4.79 Å². The van der Waals surface area contributed by atoms with Crippen LogP contribution >= 0.6 is 11.8 Å². The zero-order chi connectivity index (χ0) is 11.8. The van der Waals surface area contributed by atoms with E-state index in [1.54, 1.807) is 0 Å². The Balaban J connectivity index is 1.98. The maximum Gasteiger partial charge on any atom is 0.236 e. The second-order valence-corrected chi connectivity index (χ2v) is 4.89. The van der Waals surface area contributed by atoms with Crippen molar-refractivity contribution >= 4 is 39.4 Å². The molecule has 1 saturated heterocycles. The Morgan fingerprint density at radius 2 is 2.29 bits per heavy atom. The first kappa shape index (κ1) is 10.4. The van der Waals surface area contributed by atoms with Gasteiger partial charge < -0.3 is 9.88 Å². The lowest BCUT2D eigenvalue weighted by Crippen LogP contribution is -2.19. The number of hydrogen-bond donors (Lipinski definition) is 1. The van der Waals surface area contributed by atoms with Crippen LogP contribution in [0.25, 0.3) is 10.9 Å². The minimum atomic E-state index is 0.0227. The van der Waals surface area contributed by atoms with E-state index in [9.17, 15) is 4.79 Å². The average molecular weight is 245 g/mol. The molecule has 2 aromatic rings. The fourth-order valence-corrected chi connectivity index (χ4v) is 2.54. The topological polar surface area (TPSA) is 46.4 Å². The molecule has 1 aromatic heterocycles. The summed E-state index contributed by atoms with van der Waals surface area (Å²) in [5.74, 6) is 0.487. The number of thioether (sulfide) groups is 1. The van der Waals surface area contributed by atoms with E-state index in [1.165, 1.54) is 17.3 Å². The maximum atomic E-state index is 11.0. The van der Waals surface area contributed by atoms with E-state index in [4.69, 9.17) is 0 Å². The van der Waals surface area contributed by atoms with E-state index in [1.807, 2.05) is 31.4 Å². The third-order valence-electron chi connectivity index (χ3n) is 2.69. The van der Waals surface area contributed by atoms with Crippen LogP contribution in [-0.4, -0.2) is 21.4 Å². The fourth-order valence-electron chi connectivity index (χ4n) is 1.84. The van der Waals surface area contributed by atoms with Gasteiger partial charge in [-0.2, -0.15) is 0 Å². The van der Waals surface area contributed by atoms with Gasteiger partial charge in [0.25, 0.3) is 0 Å². The summed E-state index contributed by atoms with van der Waals surface area (Å²) in [4.78, 5) is 15.4. The van der Waals surface area contributed by atoms with Crippen molar-refractivity contribution in [3.05, 3.63) is 30.5 Å². The first-order chi connectivity index (χ1) is 8.22. The monoisotopic (exact) mass is 245 g/mol. The molecule has 0 spiro atoms. The summed E-state index contributed by atoms with van der Waals surface area (Å²) in [7, 11) is 2.01. The van der Waals surface area contributed by atoms with Gasteiger partial charge in [0, 0.05) is 24.1 Å². The molecular formula is C12H11N3OS. The van der Waals surface area contributed by atoms with Crippen LogP contribution in [0.2, 0.25) is 0 Å². The molecule has 86 valence electrons. The molecule has 0 saturated carbocycles. The minimum absolute atomic E-state index is 0.0227. The molecule has 2 heterocycles. The van der Waals surface area contributed by atoms with E-state index >= 15 is 0 Å². The highest BCUT2D eigenvalue weighted by atomic mass is 32.2. The number of fused-ring (bicyclic) bond motifs is 1. The largest absolute Gasteiger partial charge is 0.351 e. The van der Waals surface area contributed by atoms with Gasteiger partial charge in [0.05, 0.1) is 11.4 Å². The smallest absolute Gasteiger partial charge is 0.236 e. The molecule has 4 nitrogen and oxygen atoms in total. The van der Waals surface area contributed by atoms with Crippen molar-refractivity contribution in [2.45, 2.75) is 0 Å². The van der Waals surface area contributed by atoms with E-state index in [0.29, 0.717) is 10.9 Å². The summed E-state index contributed by atoms with van der Waals surface area (Å²) >= 11 is 1.44. The summed E-state index contributed by atoms with van der Waals surface area (Å²) in [6.45, 7) is 0. The molecule has 1 amide bonds. The number of nitrogens with one attached hydrogen (secondary N) is 1. The number of carbonyl (C=O) groups is 1. The minimum Gasteiger partial charge on any atom is -0.351 e. The van der Waals surface area contributed by atoms with Crippen molar-refractivity contribution in [1.82, 2.24) is 9.88 Å². The lowest BCUT2D eigenvalue weighted by molar-refractivity contribution is -0.116. The van der Waals surface area contributed by atoms with Gasteiger partial charge in [-0.05, 0) is 24.3 Å². The Labute approximate surface area is 103 Å². The van der Waals surface area contributed by atoms with Crippen LogP contribution in [-0.2, 0) is 11.8 Å². The van der Waals surface area contributed by atoms with Crippen molar-refractivity contribution in [2.75, 3.05) is 5.75 Å². The van der Waals surface area contributed by atoms with Crippen molar-refractivity contribution in [3.8, 4) is 0 Å². The summed E-state index contributed by atoms with van der Waals surface area (Å²) in [5, 5.41) is 4.57. The van der Waals surface area contributed by atoms with Gasteiger partial charge in [-0.1, -0.05) is 11.8 Å². The van der Waals surface area contributed by atoms with Crippen LogP contribution < -0.4 is 5.32 Å². The number of benzene rings is 1. The summed E-state index contributed by atoms with van der Waals surface area (Å²) in [6, 6.07) is 8.07. The molecule has 0 unspecified atom stereocenters. The highest BCUT2D eigenvalue weighted by Gasteiger charge is 2.16. The van der Waals surface area contributed by atoms with E-state index in [-0.39, 0.29) is 5.91 Å². The Hall–Kier alpha value is -1.75. The molecule has 0 radical (unpaired) electrons. The Kier molecular flexibility index (Phi) is 2.40. The molecule has 0 atom stereocenters. The lowest BCUT2D eigenvalue weighted by atomic mass is 10.2. The number of aromatic nitrogens is 1. The fraction of sp³-hybridized carbons (Fsp3) is 0.167. The van der Waals surface area contributed by atoms with Gasteiger partial charge in [-0.25, -0.2) is 4.99 Å². The number of amidine groups is 1. The van der Waals surface area contributed by atoms with Crippen LogP contribution in [0.5, 0.6) is 0 Å². The molecule has 1 aliphatic heterocycles. The average Bonchev–Trinajstić information content (AvgIpc) is 2.87. The highest BCUT2D eigenvalue weighted by Crippen LogP contribution is 2.23. The predicted molar refractivity (Wildman–Crippen MR) is 70.6 cm³/mol. The van der Waals surface area contributed by atoms with Gasteiger partial charge in [0.15, 0.2) is 5.17 Å². The van der Waals surface area contributed by atoms with Crippen molar-refractivity contribution in [2.24, 2.45) is 12.0 Å². The van der Waals surface area contributed by atoms with Crippen molar-refractivity contribution in [1.29, 1.82) is 0 Å². The van der Waals surface area contributed by atoms with Crippen LogP contribution in [0, 0.1) is 0 Å². The number of carbonyl (C=O) groups excluding carboxylic acids is 1. The quantitative estimate of drug-likeness (QED) is 0.835. The van der Waals surface area contributed by atoms with E-state index in [0.717, 1.165) is 11.1 Å². The molecule has 17 heavy (non-hydrogen) atoms. The zero-order valence-corrected chi connectivity index (χ0v) is 10.1. The molecule has 1 aliphatic rings. The SMILES string of the molecule is Cn1ccc2cc(N=C3NC(=O)CS3)ccc21. The number of amides is 1. The second-order valence-electron chi connectivity index (χ2n) is 3.92. The van der Waals surface area contributed by atoms with Crippen LogP contribution in [0.3, 0.4) is 0 Å². The van der Waals surface area contributed by atoms with Crippen LogP contribution in [0.4, 0.5) is 5.69 Å². The molecule has 1 aromatic carbocycles. The zero-order valence-electron chi connectivity index (χ0n) is 9.30. The third-order valence-corrected chi connectivity index (χ3v) is 3.56. The number of hydrogen-bond acceptors (Lipinski definition) is 3. The van der Waals surface area contributed by atoms with Gasteiger partial charge in [0.1, 0.15) is 0 Å². The first-order valence-electron chi connectivity index (χ1n) is 5.29. The molecule has 0 aliphatic carbocycles. The summed E-state index contributed by atoms with van der Waals surface area (Å²) in [6.07, 6.45) is 2.02. The van der Waals surface area contributed by atoms with Gasteiger partial charge in [-0.15, -0.1) is 0 Å². The van der Waals surface area contributed by atoms with E-state index < -0.39 is 0 Å². The summed E-state index contributed by atoms with van der Waals surface area (Å²) in [5.41, 5.74) is 2.05. The normalized spacial score (nSPS) is 17.9. The number of rotatable bonds is 1. The van der Waals surface area contributed by atoms with E-state index in [2.05, 4.69) is 20.9 Å². The molecular weight excluding hydrogens is 234 g/mol.